The Morgan fingerprint density at radius 3 is 2.59 bits per heavy atom. The van der Waals surface area contributed by atoms with E-state index in [0.717, 1.165) is 32.5 Å². The van der Waals surface area contributed by atoms with Gasteiger partial charge in [-0.3, -0.25) is 4.79 Å². The summed E-state index contributed by atoms with van der Waals surface area (Å²) in [6.07, 6.45) is 8.52. The van der Waals surface area contributed by atoms with Gasteiger partial charge in [0, 0.05) is 31.1 Å². The van der Waals surface area contributed by atoms with Gasteiger partial charge in [0.2, 0.25) is 5.91 Å². The summed E-state index contributed by atoms with van der Waals surface area (Å²) in [6, 6.07) is 0.983. The van der Waals surface area contributed by atoms with E-state index in [2.05, 4.69) is 22.0 Å². The number of nitrogens with zero attached hydrogens (tertiary/aromatic N) is 2. The lowest BCUT2D eigenvalue weighted by Crippen LogP contribution is -2.49. The Morgan fingerprint density at radius 2 is 1.86 bits per heavy atom. The minimum absolute atomic E-state index is 0. The second-order valence-corrected chi connectivity index (χ2v) is 7.27. The number of rotatable bonds is 3. The third-order valence-electron chi connectivity index (χ3n) is 5.55. The average molecular weight is 330 g/mol. The fraction of sp³-hybridized carbons (Fsp3) is 0.941. The molecule has 0 radical (unpaired) electrons. The standard InChI is InChI=1S/C17H31N3O.ClH/c1-14-12-15(7-8-18-14)17(21)20-11-5-6-16(20)13-19-9-3-2-4-10-19;/h14-16,18H,2-13H2,1H3;1H/t14-,15-,16?;/m0./s1. The van der Waals surface area contributed by atoms with E-state index in [4.69, 9.17) is 0 Å². The molecule has 0 spiro atoms. The Bertz CT molecular complexity index is 360. The molecule has 128 valence electrons. The quantitative estimate of drug-likeness (QED) is 0.862. The van der Waals surface area contributed by atoms with Crippen LogP contribution in [0.25, 0.3) is 0 Å². The zero-order valence-corrected chi connectivity index (χ0v) is 14.7. The summed E-state index contributed by atoms with van der Waals surface area (Å²) in [6.45, 7) is 7.80. The molecular formula is C17H32ClN3O. The highest BCUT2D eigenvalue weighted by molar-refractivity contribution is 5.85. The van der Waals surface area contributed by atoms with Crippen LogP contribution in [0.15, 0.2) is 0 Å². The Balaban J connectivity index is 0.00000176. The first-order valence-corrected chi connectivity index (χ1v) is 9.00. The van der Waals surface area contributed by atoms with Crippen molar-refractivity contribution in [3.63, 3.8) is 0 Å². The van der Waals surface area contributed by atoms with Gasteiger partial charge >= 0.3 is 0 Å². The highest BCUT2D eigenvalue weighted by atomic mass is 35.5. The molecule has 3 aliphatic rings. The predicted octanol–water partition coefficient (Wildman–Crippen LogP) is 2.27. The number of carbonyl (C=O) groups excluding carboxylic acids is 1. The molecule has 3 saturated heterocycles. The minimum Gasteiger partial charge on any atom is -0.338 e. The third kappa shape index (κ3) is 4.36. The number of piperidine rings is 2. The van der Waals surface area contributed by atoms with Crippen LogP contribution >= 0.6 is 12.4 Å². The second kappa shape index (κ2) is 8.51. The van der Waals surface area contributed by atoms with Crippen LogP contribution in [0.5, 0.6) is 0 Å². The number of likely N-dealkylation sites (tertiary alicyclic amines) is 2. The number of hydrogen-bond donors (Lipinski definition) is 1. The van der Waals surface area contributed by atoms with Crippen LogP contribution in [0.1, 0.15) is 51.9 Å². The van der Waals surface area contributed by atoms with Gasteiger partial charge in [0.15, 0.2) is 0 Å². The molecule has 3 fully saturated rings. The highest BCUT2D eigenvalue weighted by Gasteiger charge is 2.35. The first-order chi connectivity index (χ1) is 10.2. The van der Waals surface area contributed by atoms with Gasteiger partial charge in [-0.1, -0.05) is 6.42 Å². The van der Waals surface area contributed by atoms with Crippen LogP contribution in [0.2, 0.25) is 0 Å². The molecule has 1 N–H and O–H groups in total. The van der Waals surface area contributed by atoms with Crippen LogP contribution in [0.3, 0.4) is 0 Å². The Hall–Kier alpha value is -0.320. The maximum Gasteiger partial charge on any atom is 0.226 e. The Kier molecular flexibility index (Phi) is 6.97. The lowest BCUT2D eigenvalue weighted by molar-refractivity contribution is -0.137. The van der Waals surface area contributed by atoms with Crippen molar-refractivity contribution in [2.75, 3.05) is 32.7 Å². The number of carbonyl (C=O) groups is 1. The third-order valence-corrected chi connectivity index (χ3v) is 5.55. The van der Waals surface area contributed by atoms with E-state index >= 15 is 0 Å². The largest absolute Gasteiger partial charge is 0.338 e. The molecule has 0 aromatic rings. The minimum atomic E-state index is 0. The molecule has 1 amide bonds. The van der Waals surface area contributed by atoms with Crippen LogP contribution in [0.4, 0.5) is 0 Å². The van der Waals surface area contributed by atoms with E-state index in [1.807, 2.05) is 0 Å². The number of halogens is 1. The van der Waals surface area contributed by atoms with Crippen molar-refractivity contribution >= 4 is 18.3 Å². The summed E-state index contributed by atoms with van der Waals surface area (Å²) >= 11 is 0. The summed E-state index contributed by atoms with van der Waals surface area (Å²) in [7, 11) is 0. The molecule has 22 heavy (non-hydrogen) atoms. The molecule has 3 rings (SSSR count). The Morgan fingerprint density at radius 1 is 1.09 bits per heavy atom. The number of amides is 1. The lowest BCUT2D eigenvalue weighted by Gasteiger charge is -2.36. The van der Waals surface area contributed by atoms with E-state index < -0.39 is 0 Å². The van der Waals surface area contributed by atoms with E-state index in [1.54, 1.807) is 0 Å². The molecule has 5 heteroatoms. The van der Waals surface area contributed by atoms with Gasteiger partial charge in [-0.25, -0.2) is 0 Å². The molecule has 0 aromatic heterocycles. The smallest absolute Gasteiger partial charge is 0.226 e. The molecule has 3 heterocycles. The first kappa shape index (κ1) is 18.0. The van der Waals surface area contributed by atoms with E-state index in [1.165, 1.54) is 45.2 Å². The fourth-order valence-corrected chi connectivity index (χ4v) is 4.35. The lowest BCUT2D eigenvalue weighted by atomic mass is 9.91. The summed E-state index contributed by atoms with van der Waals surface area (Å²) in [4.78, 5) is 17.7. The monoisotopic (exact) mass is 329 g/mol. The van der Waals surface area contributed by atoms with Crippen molar-refractivity contribution < 1.29 is 4.79 Å². The molecule has 3 aliphatic heterocycles. The van der Waals surface area contributed by atoms with Crippen molar-refractivity contribution in [2.45, 2.75) is 64.0 Å². The molecule has 3 atom stereocenters. The van der Waals surface area contributed by atoms with Crippen molar-refractivity contribution in [1.82, 2.24) is 15.1 Å². The zero-order chi connectivity index (χ0) is 14.7. The van der Waals surface area contributed by atoms with Gasteiger partial charge in [-0.2, -0.15) is 0 Å². The van der Waals surface area contributed by atoms with Gasteiger partial charge in [-0.05, 0) is 65.1 Å². The summed E-state index contributed by atoms with van der Waals surface area (Å²) < 4.78 is 0. The van der Waals surface area contributed by atoms with Gasteiger partial charge in [0.25, 0.3) is 0 Å². The summed E-state index contributed by atoms with van der Waals surface area (Å²) in [5.41, 5.74) is 0. The maximum absolute atomic E-state index is 12.9. The maximum atomic E-state index is 12.9. The van der Waals surface area contributed by atoms with Crippen LogP contribution < -0.4 is 5.32 Å². The van der Waals surface area contributed by atoms with Gasteiger partial charge in [-0.15, -0.1) is 12.4 Å². The fourth-order valence-electron chi connectivity index (χ4n) is 4.35. The van der Waals surface area contributed by atoms with Gasteiger partial charge in [0.1, 0.15) is 0 Å². The zero-order valence-electron chi connectivity index (χ0n) is 13.9. The first-order valence-electron chi connectivity index (χ1n) is 9.00. The Labute approximate surface area is 141 Å². The molecule has 1 unspecified atom stereocenters. The average Bonchev–Trinajstić information content (AvgIpc) is 2.95. The van der Waals surface area contributed by atoms with Crippen molar-refractivity contribution in [1.29, 1.82) is 0 Å². The van der Waals surface area contributed by atoms with Gasteiger partial charge < -0.3 is 15.1 Å². The molecule has 0 aliphatic carbocycles. The highest BCUT2D eigenvalue weighted by Crippen LogP contribution is 2.26. The topological polar surface area (TPSA) is 35.6 Å². The number of hydrogen-bond acceptors (Lipinski definition) is 3. The molecule has 0 aromatic carbocycles. The molecule has 0 bridgehead atoms. The SMILES string of the molecule is C[C@H]1C[C@@H](C(=O)N2CCCC2CN2CCCCC2)CCN1.Cl. The molecular weight excluding hydrogens is 298 g/mol. The van der Waals surface area contributed by atoms with E-state index in [0.29, 0.717) is 18.0 Å². The van der Waals surface area contributed by atoms with Crippen molar-refractivity contribution in [3.05, 3.63) is 0 Å². The summed E-state index contributed by atoms with van der Waals surface area (Å²) in [5, 5.41) is 3.46. The van der Waals surface area contributed by atoms with E-state index in [9.17, 15) is 4.79 Å². The van der Waals surface area contributed by atoms with E-state index in [-0.39, 0.29) is 18.3 Å². The van der Waals surface area contributed by atoms with Gasteiger partial charge in [0.05, 0.1) is 0 Å². The van der Waals surface area contributed by atoms with Crippen LogP contribution in [-0.2, 0) is 4.79 Å². The second-order valence-electron chi connectivity index (χ2n) is 7.27. The molecule has 0 saturated carbocycles. The normalized spacial score (nSPS) is 33.5. The van der Waals surface area contributed by atoms with Crippen molar-refractivity contribution in [3.8, 4) is 0 Å². The van der Waals surface area contributed by atoms with Crippen molar-refractivity contribution in [2.24, 2.45) is 5.92 Å². The molecule has 4 nitrogen and oxygen atoms in total. The van der Waals surface area contributed by atoms with Crippen LogP contribution in [0, 0.1) is 5.92 Å². The predicted molar refractivity (Wildman–Crippen MR) is 92.5 cm³/mol. The summed E-state index contributed by atoms with van der Waals surface area (Å²) in [5.74, 6) is 0.714. The van der Waals surface area contributed by atoms with Crippen LogP contribution in [-0.4, -0.2) is 60.5 Å². The number of nitrogens with one attached hydrogen (secondary N) is 1.